The topological polar surface area (TPSA) is 63.2 Å². The third kappa shape index (κ3) is 4.29. The van der Waals surface area contributed by atoms with Crippen molar-refractivity contribution in [2.24, 2.45) is 0 Å². The van der Waals surface area contributed by atoms with Crippen LogP contribution >= 0.6 is 22.9 Å². The van der Waals surface area contributed by atoms with Crippen LogP contribution in [0.1, 0.15) is 16.0 Å². The van der Waals surface area contributed by atoms with Crippen LogP contribution in [0.15, 0.2) is 24.4 Å². The highest BCUT2D eigenvalue weighted by Gasteiger charge is 2.22. The Balaban J connectivity index is 1.61. The average Bonchev–Trinajstić information content (AvgIpc) is 2.99. The minimum Gasteiger partial charge on any atom is -0.366 e. The molecule has 1 amide bonds. The monoisotopic (exact) mass is 351 g/mol. The fourth-order valence-electron chi connectivity index (χ4n) is 2.31. The molecule has 2 heterocycles. The summed E-state index contributed by atoms with van der Waals surface area (Å²) in [4.78, 5) is 17.4. The van der Waals surface area contributed by atoms with Gasteiger partial charge < -0.3 is 10.1 Å². The molecule has 23 heavy (non-hydrogen) atoms. The van der Waals surface area contributed by atoms with Crippen LogP contribution in [-0.2, 0) is 16.0 Å². The third-order valence-electron chi connectivity index (χ3n) is 3.62. The Kier molecular flexibility index (Phi) is 5.27. The fourth-order valence-corrected chi connectivity index (χ4v) is 3.37. The maximum absolute atomic E-state index is 12.1. The van der Waals surface area contributed by atoms with Gasteiger partial charge in [-0.1, -0.05) is 23.7 Å². The first-order chi connectivity index (χ1) is 11.1. The lowest BCUT2D eigenvalue weighted by Gasteiger charge is -2.22. The van der Waals surface area contributed by atoms with Gasteiger partial charge >= 0.3 is 0 Å². The van der Waals surface area contributed by atoms with Gasteiger partial charge in [-0.3, -0.25) is 10.1 Å². The van der Waals surface area contributed by atoms with Gasteiger partial charge in [-0.15, -0.1) is 11.3 Å². The zero-order chi connectivity index (χ0) is 16.2. The van der Waals surface area contributed by atoms with Crippen molar-refractivity contribution in [2.75, 3.05) is 25.0 Å². The molecule has 1 atom stereocenters. The predicted octanol–water partition coefficient (Wildman–Crippen LogP) is 2.62. The molecule has 1 saturated heterocycles. The van der Waals surface area contributed by atoms with E-state index in [1.165, 1.54) is 11.3 Å². The highest BCUT2D eigenvalue weighted by atomic mass is 35.5. The molecule has 2 aromatic rings. The second kappa shape index (κ2) is 7.40. The fraction of sp³-hybridized carbons (Fsp3) is 0.375. The van der Waals surface area contributed by atoms with E-state index in [4.69, 9.17) is 16.3 Å². The Bertz CT molecular complexity index is 698. The number of aryl methyl sites for hydroxylation is 1. The molecule has 1 aliphatic heterocycles. The molecule has 122 valence electrons. The second-order valence-electron chi connectivity index (χ2n) is 5.44. The SMILES string of the molecule is Cc1ccc(Cc2cnc(NC(=O)C3CNCCO3)s2)cc1Cl. The predicted molar refractivity (Wildman–Crippen MR) is 92.3 cm³/mol. The van der Waals surface area contributed by atoms with Crippen LogP contribution in [0, 0.1) is 6.92 Å². The van der Waals surface area contributed by atoms with Gasteiger partial charge in [0.15, 0.2) is 5.13 Å². The number of morpholine rings is 1. The van der Waals surface area contributed by atoms with Crippen molar-refractivity contribution in [3.8, 4) is 0 Å². The lowest BCUT2D eigenvalue weighted by Crippen LogP contribution is -2.45. The van der Waals surface area contributed by atoms with Gasteiger partial charge in [-0.05, 0) is 24.1 Å². The first kappa shape index (κ1) is 16.4. The first-order valence-corrected chi connectivity index (χ1v) is 8.64. The number of carbonyl (C=O) groups excluding carboxylic acids is 1. The summed E-state index contributed by atoms with van der Waals surface area (Å²) in [6.45, 7) is 3.85. The van der Waals surface area contributed by atoms with Gasteiger partial charge in [0.1, 0.15) is 6.10 Å². The highest BCUT2D eigenvalue weighted by Crippen LogP contribution is 2.24. The number of anilines is 1. The van der Waals surface area contributed by atoms with Crippen molar-refractivity contribution in [3.05, 3.63) is 45.4 Å². The number of nitrogens with zero attached hydrogens (tertiary/aromatic N) is 1. The smallest absolute Gasteiger partial charge is 0.256 e. The number of thiazole rings is 1. The average molecular weight is 352 g/mol. The third-order valence-corrected chi connectivity index (χ3v) is 4.94. The van der Waals surface area contributed by atoms with Crippen molar-refractivity contribution in [3.63, 3.8) is 0 Å². The maximum Gasteiger partial charge on any atom is 0.256 e. The zero-order valence-corrected chi connectivity index (χ0v) is 14.3. The lowest BCUT2D eigenvalue weighted by atomic mass is 10.1. The Labute approximate surface area is 144 Å². The van der Waals surface area contributed by atoms with Crippen LogP contribution in [0.25, 0.3) is 0 Å². The zero-order valence-electron chi connectivity index (χ0n) is 12.8. The van der Waals surface area contributed by atoms with Gasteiger partial charge in [0.2, 0.25) is 0 Å². The van der Waals surface area contributed by atoms with E-state index >= 15 is 0 Å². The summed E-state index contributed by atoms with van der Waals surface area (Å²) in [7, 11) is 0. The van der Waals surface area contributed by atoms with E-state index in [-0.39, 0.29) is 5.91 Å². The number of hydrogen-bond donors (Lipinski definition) is 2. The lowest BCUT2D eigenvalue weighted by molar-refractivity contribution is -0.128. The Hall–Kier alpha value is -1.47. The molecule has 3 rings (SSSR count). The van der Waals surface area contributed by atoms with Crippen molar-refractivity contribution in [2.45, 2.75) is 19.4 Å². The van der Waals surface area contributed by atoms with E-state index < -0.39 is 6.10 Å². The molecule has 0 saturated carbocycles. The Morgan fingerprint density at radius 1 is 1.57 bits per heavy atom. The molecule has 0 radical (unpaired) electrons. The van der Waals surface area contributed by atoms with E-state index in [1.54, 1.807) is 6.20 Å². The number of rotatable bonds is 4. The van der Waals surface area contributed by atoms with E-state index in [2.05, 4.69) is 21.7 Å². The maximum atomic E-state index is 12.1. The first-order valence-electron chi connectivity index (χ1n) is 7.45. The molecule has 7 heteroatoms. The Morgan fingerprint density at radius 3 is 3.17 bits per heavy atom. The highest BCUT2D eigenvalue weighted by molar-refractivity contribution is 7.15. The van der Waals surface area contributed by atoms with Gasteiger partial charge in [0.25, 0.3) is 5.91 Å². The second-order valence-corrected chi connectivity index (χ2v) is 6.97. The summed E-state index contributed by atoms with van der Waals surface area (Å²) in [5.41, 5.74) is 2.19. The number of carbonyl (C=O) groups is 1. The molecule has 2 N–H and O–H groups in total. The van der Waals surface area contributed by atoms with Crippen LogP contribution in [0.4, 0.5) is 5.13 Å². The van der Waals surface area contributed by atoms with E-state index in [0.717, 1.165) is 34.0 Å². The number of hydrogen-bond acceptors (Lipinski definition) is 5. The molecule has 0 spiro atoms. The van der Waals surface area contributed by atoms with E-state index in [9.17, 15) is 4.79 Å². The van der Waals surface area contributed by atoms with E-state index in [1.807, 2.05) is 19.1 Å². The molecule has 0 bridgehead atoms. The molecule has 1 fully saturated rings. The number of aromatic nitrogens is 1. The van der Waals surface area contributed by atoms with Crippen molar-refractivity contribution in [1.82, 2.24) is 10.3 Å². The molecule has 1 unspecified atom stereocenters. The van der Waals surface area contributed by atoms with Crippen LogP contribution in [0.2, 0.25) is 5.02 Å². The van der Waals surface area contributed by atoms with E-state index in [0.29, 0.717) is 18.3 Å². The summed E-state index contributed by atoms with van der Waals surface area (Å²) in [6, 6.07) is 6.03. The normalized spacial score (nSPS) is 17.9. The van der Waals surface area contributed by atoms with Gasteiger partial charge in [0, 0.05) is 35.6 Å². The quantitative estimate of drug-likeness (QED) is 0.888. The summed E-state index contributed by atoms with van der Waals surface area (Å²) in [5.74, 6) is -0.156. The molecule has 5 nitrogen and oxygen atoms in total. The standard InChI is InChI=1S/C16H18ClN3O2S/c1-10-2-3-11(7-13(10)17)6-12-8-19-16(23-12)20-15(21)14-9-18-4-5-22-14/h2-3,7-8,14,18H,4-6,9H2,1H3,(H,19,20,21). The summed E-state index contributed by atoms with van der Waals surface area (Å²) in [5, 5.41) is 7.31. The van der Waals surface area contributed by atoms with Crippen molar-refractivity contribution in [1.29, 1.82) is 0 Å². The number of halogens is 1. The number of ether oxygens (including phenoxy) is 1. The number of benzene rings is 1. The van der Waals surface area contributed by atoms with Gasteiger partial charge in [-0.25, -0.2) is 4.98 Å². The van der Waals surface area contributed by atoms with Crippen LogP contribution in [-0.4, -0.2) is 36.7 Å². The minimum atomic E-state index is -0.452. The summed E-state index contributed by atoms with van der Waals surface area (Å²) >= 11 is 7.62. The van der Waals surface area contributed by atoms with Crippen LogP contribution in [0.3, 0.4) is 0 Å². The van der Waals surface area contributed by atoms with Crippen LogP contribution < -0.4 is 10.6 Å². The summed E-state index contributed by atoms with van der Waals surface area (Å²) in [6.07, 6.45) is 2.08. The van der Waals surface area contributed by atoms with Gasteiger partial charge in [-0.2, -0.15) is 0 Å². The minimum absolute atomic E-state index is 0.156. The van der Waals surface area contributed by atoms with Crippen molar-refractivity contribution < 1.29 is 9.53 Å². The van der Waals surface area contributed by atoms with Gasteiger partial charge in [0.05, 0.1) is 6.61 Å². The molecular weight excluding hydrogens is 334 g/mol. The van der Waals surface area contributed by atoms with Crippen molar-refractivity contribution >= 4 is 34.0 Å². The number of amides is 1. The molecule has 1 aromatic carbocycles. The largest absolute Gasteiger partial charge is 0.366 e. The summed E-state index contributed by atoms with van der Waals surface area (Å²) < 4.78 is 5.43. The molecular formula is C16H18ClN3O2S. The Morgan fingerprint density at radius 2 is 2.43 bits per heavy atom. The molecule has 1 aliphatic rings. The van der Waals surface area contributed by atoms with Crippen LogP contribution in [0.5, 0.6) is 0 Å². The molecule has 1 aromatic heterocycles. The molecule has 0 aliphatic carbocycles. The number of nitrogens with one attached hydrogen (secondary N) is 2.